The lowest BCUT2D eigenvalue weighted by atomic mass is 9.83. The van der Waals surface area contributed by atoms with Crippen molar-refractivity contribution in [1.82, 2.24) is 4.90 Å². The number of likely N-dealkylation sites (tertiary alicyclic amines) is 1. The summed E-state index contributed by atoms with van der Waals surface area (Å²) in [4.78, 5) is 2.52. The summed E-state index contributed by atoms with van der Waals surface area (Å²) < 4.78 is 5.65. The van der Waals surface area contributed by atoms with Crippen molar-refractivity contribution >= 4 is 0 Å². The molecule has 1 saturated carbocycles. The number of hydrogen-bond acceptors (Lipinski definition) is 3. The number of hydrogen-bond donors (Lipinski definition) is 1. The molecule has 106 valence electrons. The summed E-state index contributed by atoms with van der Waals surface area (Å²) in [6, 6.07) is 0.365. The van der Waals surface area contributed by atoms with Gasteiger partial charge >= 0.3 is 0 Å². The van der Waals surface area contributed by atoms with Crippen LogP contribution in [0.2, 0.25) is 0 Å². The lowest BCUT2D eigenvalue weighted by molar-refractivity contribution is -0.0529. The number of nitrogens with two attached hydrogens (primary N) is 1. The van der Waals surface area contributed by atoms with Crippen LogP contribution >= 0.6 is 0 Å². The highest BCUT2D eigenvalue weighted by atomic mass is 16.5. The number of rotatable bonds is 4. The van der Waals surface area contributed by atoms with E-state index in [0.717, 1.165) is 19.0 Å². The molecule has 0 aromatic rings. The Bertz CT molecular complexity index is 253. The second-order valence-electron chi connectivity index (χ2n) is 6.55. The minimum absolute atomic E-state index is 0.0462. The lowest BCUT2D eigenvalue weighted by Gasteiger charge is -2.41. The van der Waals surface area contributed by atoms with Crippen molar-refractivity contribution in [2.75, 3.05) is 26.7 Å². The number of ether oxygens (including phenoxy) is 1. The van der Waals surface area contributed by atoms with Crippen molar-refractivity contribution in [2.24, 2.45) is 11.7 Å². The maximum atomic E-state index is 6.43. The van der Waals surface area contributed by atoms with E-state index in [9.17, 15) is 0 Å². The molecule has 2 unspecified atom stereocenters. The fraction of sp³-hybridized carbons (Fsp3) is 1.00. The highest BCUT2D eigenvalue weighted by Gasteiger charge is 2.32. The SMILES string of the molecule is COC1(C)CCCN(CC(N)C2CCCCC2)C1. The molecule has 2 aliphatic rings. The van der Waals surface area contributed by atoms with Gasteiger partial charge in [-0.15, -0.1) is 0 Å². The smallest absolute Gasteiger partial charge is 0.0777 e. The Kier molecular flexibility index (Phi) is 5.05. The zero-order valence-electron chi connectivity index (χ0n) is 12.2. The molecule has 18 heavy (non-hydrogen) atoms. The van der Waals surface area contributed by atoms with E-state index in [-0.39, 0.29) is 5.60 Å². The zero-order chi connectivity index (χ0) is 13.0. The van der Waals surface area contributed by atoms with Gasteiger partial charge in [0.05, 0.1) is 5.60 Å². The monoisotopic (exact) mass is 254 g/mol. The summed E-state index contributed by atoms with van der Waals surface area (Å²) in [5, 5.41) is 0. The van der Waals surface area contributed by atoms with E-state index in [1.807, 2.05) is 7.11 Å². The molecule has 1 saturated heterocycles. The van der Waals surface area contributed by atoms with Gasteiger partial charge in [-0.1, -0.05) is 19.3 Å². The van der Waals surface area contributed by atoms with Gasteiger partial charge in [-0.3, -0.25) is 4.90 Å². The first kappa shape index (κ1) is 14.3. The van der Waals surface area contributed by atoms with Crippen molar-refractivity contribution in [3.63, 3.8) is 0 Å². The molecule has 2 fully saturated rings. The van der Waals surface area contributed by atoms with Crippen LogP contribution in [-0.4, -0.2) is 43.3 Å². The van der Waals surface area contributed by atoms with Gasteiger partial charge < -0.3 is 10.5 Å². The molecule has 1 heterocycles. The van der Waals surface area contributed by atoms with Crippen molar-refractivity contribution < 1.29 is 4.74 Å². The molecule has 3 nitrogen and oxygen atoms in total. The molecule has 0 radical (unpaired) electrons. The van der Waals surface area contributed by atoms with Crippen molar-refractivity contribution in [1.29, 1.82) is 0 Å². The maximum Gasteiger partial charge on any atom is 0.0777 e. The maximum absolute atomic E-state index is 6.43. The average molecular weight is 254 g/mol. The van der Waals surface area contributed by atoms with E-state index in [4.69, 9.17) is 10.5 Å². The fourth-order valence-corrected chi connectivity index (χ4v) is 3.64. The molecular formula is C15H30N2O. The summed E-state index contributed by atoms with van der Waals surface area (Å²) in [5.74, 6) is 0.759. The van der Waals surface area contributed by atoms with E-state index in [1.54, 1.807) is 0 Å². The normalized spacial score (nSPS) is 33.5. The van der Waals surface area contributed by atoms with Crippen LogP contribution in [0, 0.1) is 5.92 Å². The molecule has 0 bridgehead atoms. The van der Waals surface area contributed by atoms with Gasteiger partial charge in [-0.2, -0.15) is 0 Å². The van der Waals surface area contributed by atoms with E-state index in [2.05, 4.69) is 11.8 Å². The Morgan fingerprint density at radius 3 is 2.67 bits per heavy atom. The highest BCUT2D eigenvalue weighted by Crippen LogP contribution is 2.28. The van der Waals surface area contributed by atoms with Crippen LogP contribution in [0.4, 0.5) is 0 Å². The Morgan fingerprint density at radius 2 is 2.00 bits per heavy atom. The van der Waals surface area contributed by atoms with Crippen molar-refractivity contribution in [2.45, 2.75) is 63.5 Å². The van der Waals surface area contributed by atoms with Gasteiger partial charge in [0.1, 0.15) is 0 Å². The molecule has 2 N–H and O–H groups in total. The molecule has 0 aromatic heterocycles. The summed E-state index contributed by atoms with van der Waals surface area (Å²) in [7, 11) is 1.84. The topological polar surface area (TPSA) is 38.5 Å². The molecule has 2 atom stereocenters. The Balaban J connectivity index is 1.81. The van der Waals surface area contributed by atoms with Crippen LogP contribution in [0.25, 0.3) is 0 Å². The van der Waals surface area contributed by atoms with Gasteiger partial charge in [-0.05, 0) is 45.1 Å². The van der Waals surface area contributed by atoms with Crippen molar-refractivity contribution in [3.05, 3.63) is 0 Å². The Morgan fingerprint density at radius 1 is 1.28 bits per heavy atom. The number of piperidine rings is 1. The third kappa shape index (κ3) is 3.69. The first-order chi connectivity index (χ1) is 8.63. The van der Waals surface area contributed by atoms with Crippen LogP contribution in [0.1, 0.15) is 51.9 Å². The molecule has 0 spiro atoms. The summed E-state index contributed by atoms with van der Waals surface area (Å²) >= 11 is 0. The zero-order valence-corrected chi connectivity index (χ0v) is 12.2. The minimum atomic E-state index is 0.0462. The molecule has 0 amide bonds. The molecule has 1 aliphatic carbocycles. The standard InChI is InChI=1S/C15H30N2O/c1-15(18-2)9-6-10-17(12-15)11-14(16)13-7-4-3-5-8-13/h13-14H,3-12,16H2,1-2H3. The van der Waals surface area contributed by atoms with Crippen LogP contribution in [0.15, 0.2) is 0 Å². The minimum Gasteiger partial charge on any atom is -0.377 e. The number of nitrogens with zero attached hydrogens (tertiary/aromatic N) is 1. The van der Waals surface area contributed by atoms with Crippen LogP contribution < -0.4 is 5.73 Å². The Hall–Kier alpha value is -0.120. The first-order valence-corrected chi connectivity index (χ1v) is 7.66. The predicted molar refractivity (Wildman–Crippen MR) is 75.6 cm³/mol. The van der Waals surface area contributed by atoms with Crippen LogP contribution in [0.3, 0.4) is 0 Å². The van der Waals surface area contributed by atoms with Gasteiger partial charge in [-0.25, -0.2) is 0 Å². The second-order valence-corrected chi connectivity index (χ2v) is 6.55. The van der Waals surface area contributed by atoms with E-state index >= 15 is 0 Å². The summed E-state index contributed by atoms with van der Waals surface area (Å²) in [5.41, 5.74) is 6.47. The highest BCUT2D eigenvalue weighted by molar-refractivity contribution is 4.87. The average Bonchev–Trinajstić information content (AvgIpc) is 2.40. The molecular weight excluding hydrogens is 224 g/mol. The molecule has 2 rings (SSSR count). The van der Waals surface area contributed by atoms with Gasteiger partial charge in [0, 0.05) is 26.2 Å². The summed E-state index contributed by atoms with van der Waals surface area (Å²) in [6.45, 7) is 5.53. The number of methoxy groups -OCH3 is 1. The van der Waals surface area contributed by atoms with Gasteiger partial charge in [0.25, 0.3) is 0 Å². The van der Waals surface area contributed by atoms with Crippen LogP contribution in [0.5, 0.6) is 0 Å². The lowest BCUT2D eigenvalue weighted by Crippen LogP contribution is -2.52. The van der Waals surface area contributed by atoms with E-state index < -0.39 is 0 Å². The van der Waals surface area contributed by atoms with Gasteiger partial charge in [0.15, 0.2) is 0 Å². The molecule has 3 heteroatoms. The third-order valence-corrected chi connectivity index (χ3v) is 4.96. The third-order valence-electron chi connectivity index (χ3n) is 4.96. The fourth-order valence-electron chi connectivity index (χ4n) is 3.64. The first-order valence-electron chi connectivity index (χ1n) is 7.66. The molecule has 0 aromatic carbocycles. The summed E-state index contributed by atoms with van der Waals surface area (Å²) in [6.07, 6.45) is 9.28. The Labute approximate surface area is 112 Å². The van der Waals surface area contributed by atoms with E-state index in [1.165, 1.54) is 51.5 Å². The quantitative estimate of drug-likeness (QED) is 0.837. The second kappa shape index (κ2) is 6.36. The van der Waals surface area contributed by atoms with Crippen molar-refractivity contribution in [3.8, 4) is 0 Å². The van der Waals surface area contributed by atoms with Crippen LogP contribution in [-0.2, 0) is 4.74 Å². The predicted octanol–water partition coefficient (Wildman–Crippen LogP) is 2.39. The largest absolute Gasteiger partial charge is 0.377 e. The van der Waals surface area contributed by atoms with E-state index in [0.29, 0.717) is 6.04 Å². The van der Waals surface area contributed by atoms with Gasteiger partial charge in [0.2, 0.25) is 0 Å². The molecule has 1 aliphatic heterocycles.